The number of ether oxygens (including phenoxy) is 1. The second-order valence-corrected chi connectivity index (χ2v) is 5.25. The Bertz CT molecular complexity index is 641. The molecule has 0 unspecified atom stereocenters. The number of amides is 2. The van der Waals surface area contributed by atoms with E-state index in [9.17, 15) is 9.59 Å². The van der Waals surface area contributed by atoms with E-state index < -0.39 is 0 Å². The van der Waals surface area contributed by atoms with Gasteiger partial charge in [-0.2, -0.15) is 0 Å². The van der Waals surface area contributed by atoms with Crippen LogP contribution in [0.15, 0.2) is 47.3 Å². The van der Waals surface area contributed by atoms with E-state index >= 15 is 0 Å². The van der Waals surface area contributed by atoms with Crippen molar-refractivity contribution in [1.29, 1.82) is 0 Å². The minimum atomic E-state index is -0.349. The fourth-order valence-corrected chi connectivity index (χ4v) is 1.87. The summed E-state index contributed by atoms with van der Waals surface area (Å²) in [5.74, 6) is 0.128. The average molecular weight is 337 g/mol. The Labute approximate surface area is 139 Å². The first-order valence-corrected chi connectivity index (χ1v) is 7.37. The molecule has 0 saturated heterocycles. The lowest BCUT2D eigenvalue weighted by molar-refractivity contribution is -0.129. The van der Waals surface area contributed by atoms with Crippen molar-refractivity contribution in [1.82, 2.24) is 10.2 Å². The maximum atomic E-state index is 11.9. The predicted octanol–water partition coefficient (Wildman–Crippen LogP) is 2.20. The molecule has 0 atom stereocenters. The molecule has 0 aliphatic carbocycles. The highest BCUT2D eigenvalue weighted by Crippen LogP contribution is 2.15. The Morgan fingerprint density at radius 1 is 1.26 bits per heavy atom. The van der Waals surface area contributed by atoms with Gasteiger partial charge in [0.05, 0.1) is 24.9 Å². The second kappa shape index (κ2) is 8.24. The Morgan fingerprint density at radius 2 is 2.00 bits per heavy atom. The highest BCUT2D eigenvalue weighted by atomic mass is 35.5. The molecule has 0 saturated carbocycles. The number of nitrogens with one attached hydrogen (secondary N) is 1. The molecular formula is C16H17ClN2O4. The van der Waals surface area contributed by atoms with Gasteiger partial charge in [-0.05, 0) is 30.3 Å². The summed E-state index contributed by atoms with van der Waals surface area (Å²) in [6.45, 7) is 0.671. The van der Waals surface area contributed by atoms with Gasteiger partial charge in [0.1, 0.15) is 18.6 Å². The highest BCUT2D eigenvalue weighted by Gasteiger charge is 2.12. The first-order valence-electron chi connectivity index (χ1n) is 6.99. The number of nitrogens with zero attached hydrogens (tertiary/aromatic N) is 1. The third-order valence-corrected chi connectivity index (χ3v) is 3.37. The molecule has 0 aliphatic heterocycles. The van der Waals surface area contributed by atoms with Crippen LogP contribution in [-0.2, 0) is 4.79 Å². The molecule has 7 heteroatoms. The summed E-state index contributed by atoms with van der Waals surface area (Å²) in [6, 6.07) is 8.52. The summed E-state index contributed by atoms with van der Waals surface area (Å²) in [4.78, 5) is 25.1. The van der Waals surface area contributed by atoms with Crippen molar-refractivity contribution in [3.8, 4) is 5.75 Å². The normalized spacial score (nSPS) is 10.2. The molecule has 0 bridgehead atoms. The van der Waals surface area contributed by atoms with Crippen molar-refractivity contribution in [2.75, 3.05) is 26.7 Å². The lowest BCUT2D eigenvalue weighted by atomic mass is 10.3. The zero-order valence-electron chi connectivity index (χ0n) is 12.6. The molecular weight excluding hydrogens is 320 g/mol. The largest absolute Gasteiger partial charge is 0.492 e. The first-order chi connectivity index (χ1) is 11.1. The maximum Gasteiger partial charge on any atom is 0.254 e. The van der Waals surface area contributed by atoms with E-state index in [1.165, 1.54) is 23.5 Å². The van der Waals surface area contributed by atoms with Crippen LogP contribution in [-0.4, -0.2) is 43.5 Å². The zero-order valence-corrected chi connectivity index (χ0v) is 13.4. The van der Waals surface area contributed by atoms with Crippen LogP contribution in [0.25, 0.3) is 0 Å². The van der Waals surface area contributed by atoms with Gasteiger partial charge in [0.25, 0.3) is 5.91 Å². The number of benzene rings is 1. The lowest BCUT2D eigenvalue weighted by Gasteiger charge is -2.17. The fourth-order valence-electron chi connectivity index (χ4n) is 1.74. The van der Waals surface area contributed by atoms with E-state index in [1.54, 1.807) is 31.3 Å². The van der Waals surface area contributed by atoms with Crippen LogP contribution in [0, 0.1) is 0 Å². The van der Waals surface area contributed by atoms with E-state index in [0.717, 1.165) is 0 Å². The zero-order chi connectivity index (χ0) is 16.7. The quantitative estimate of drug-likeness (QED) is 0.841. The molecule has 1 aromatic heterocycles. The number of halogens is 1. The Kier molecular flexibility index (Phi) is 6.05. The molecule has 0 fully saturated rings. The van der Waals surface area contributed by atoms with Gasteiger partial charge in [0, 0.05) is 12.1 Å². The van der Waals surface area contributed by atoms with Gasteiger partial charge in [-0.25, -0.2) is 0 Å². The Hall–Kier alpha value is -2.47. The van der Waals surface area contributed by atoms with E-state index in [2.05, 4.69) is 5.32 Å². The molecule has 0 aliphatic rings. The van der Waals surface area contributed by atoms with E-state index in [0.29, 0.717) is 29.5 Å². The van der Waals surface area contributed by atoms with Crippen LogP contribution < -0.4 is 10.1 Å². The van der Waals surface area contributed by atoms with Crippen LogP contribution in [0.2, 0.25) is 5.02 Å². The van der Waals surface area contributed by atoms with Crippen molar-refractivity contribution in [2.24, 2.45) is 0 Å². The standard InChI is InChI=1S/C16H17ClN2O4/c1-19(7-9-23-14-4-2-13(17)3-5-14)15(20)10-18-16(21)12-6-8-22-11-12/h2-6,8,11H,7,9-10H2,1H3,(H,18,21). The molecule has 122 valence electrons. The van der Waals surface area contributed by atoms with Crippen molar-refractivity contribution in [2.45, 2.75) is 0 Å². The molecule has 2 amide bonds. The average Bonchev–Trinajstić information content (AvgIpc) is 3.08. The molecule has 0 spiro atoms. The van der Waals surface area contributed by atoms with E-state index in [1.807, 2.05) is 0 Å². The van der Waals surface area contributed by atoms with Gasteiger partial charge >= 0.3 is 0 Å². The summed E-state index contributed by atoms with van der Waals surface area (Å²) in [5, 5.41) is 3.17. The van der Waals surface area contributed by atoms with Gasteiger partial charge in [0.15, 0.2) is 0 Å². The number of hydrogen-bond donors (Lipinski definition) is 1. The Balaban J connectivity index is 1.68. The molecule has 6 nitrogen and oxygen atoms in total. The smallest absolute Gasteiger partial charge is 0.254 e. The summed E-state index contributed by atoms with van der Waals surface area (Å²) in [5.41, 5.74) is 0.381. The van der Waals surface area contributed by atoms with E-state index in [4.69, 9.17) is 20.8 Å². The molecule has 1 aromatic carbocycles. The number of likely N-dealkylation sites (N-methyl/N-ethyl adjacent to an activating group) is 1. The van der Waals surface area contributed by atoms with Crippen molar-refractivity contribution >= 4 is 23.4 Å². The summed E-state index contributed by atoms with van der Waals surface area (Å²) in [7, 11) is 1.65. The SMILES string of the molecule is CN(CCOc1ccc(Cl)cc1)C(=O)CNC(=O)c1ccoc1. The highest BCUT2D eigenvalue weighted by molar-refractivity contribution is 6.30. The van der Waals surface area contributed by atoms with Crippen molar-refractivity contribution in [3.63, 3.8) is 0 Å². The van der Waals surface area contributed by atoms with Crippen LogP contribution in [0.3, 0.4) is 0 Å². The van der Waals surface area contributed by atoms with Crippen LogP contribution >= 0.6 is 11.6 Å². The number of furan rings is 1. The van der Waals surface area contributed by atoms with E-state index in [-0.39, 0.29) is 18.4 Å². The van der Waals surface area contributed by atoms with Gasteiger partial charge in [-0.1, -0.05) is 11.6 Å². The molecule has 2 aromatic rings. The molecule has 1 heterocycles. The number of carbonyl (C=O) groups excluding carboxylic acids is 2. The van der Waals surface area contributed by atoms with Gasteiger partial charge in [0.2, 0.25) is 5.91 Å². The van der Waals surface area contributed by atoms with Gasteiger partial charge in [-0.15, -0.1) is 0 Å². The second-order valence-electron chi connectivity index (χ2n) is 4.81. The van der Waals surface area contributed by atoms with Crippen molar-refractivity contribution < 1.29 is 18.7 Å². The predicted molar refractivity (Wildman–Crippen MR) is 85.6 cm³/mol. The Morgan fingerprint density at radius 3 is 2.65 bits per heavy atom. The first kappa shape index (κ1) is 16.9. The van der Waals surface area contributed by atoms with Gasteiger partial charge in [-0.3, -0.25) is 9.59 Å². The maximum absolute atomic E-state index is 11.9. The molecule has 2 rings (SSSR count). The molecule has 23 heavy (non-hydrogen) atoms. The van der Waals surface area contributed by atoms with Crippen LogP contribution in [0.4, 0.5) is 0 Å². The third-order valence-electron chi connectivity index (χ3n) is 3.12. The van der Waals surface area contributed by atoms with Crippen molar-refractivity contribution in [3.05, 3.63) is 53.4 Å². The monoisotopic (exact) mass is 336 g/mol. The number of hydrogen-bond acceptors (Lipinski definition) is 4. The number of rotatable bonds is 7. The minimum absolute atomic E-state index is 0.0819. The van der Waals surface area contributed by atoms with Crippen LogP contribution in [0.5, 0.6) is 5.75 Å². The summed E-state index contributed by atoms with van der Waals surface area (Å²) >= 11 is 5.79. The fraction of sp³-hybridized carbons (Fsp3) is 0.250. The minimum Gasteiger partial charge on any atom is -0.492 e. The summed E-state index contributed by atoms with van der Waals surface area (Å²) < 4.78 is 10.3. The third kappa shape index (κ3) is 5.34. The van der Waals surface area contributed by atoms with Gasteiger partial charge < -0.3 is 19.4 Å². The number of carbonyl (C=O) groups is 2. The van der Waals surface area contributed by atoms with Crippen LogP contribution in [0.1, 0.15) is 10.4 Å². The topological polar surface area (TPSA) is 71.8 Å². The molecule has 0 radical (unpaired) electrons. The summed E-state index contributed by atoms with van der Waals surface area (Å²) in [6.07, 6.45) is 2.72. The molecule has 1 N–H and O–H groups in total. The lowest BCUT2D eigenvalue weighted by Crippen LogP contribution is -2.39.